The van der Waals surface area contributed by atoms with Crippen molar-refractivity contribution < 1.29 is 13.5 Å². The van der Waals surface area contributed by atoms with Crippen molar-refractivity contribution in [2.24, 2.45) is 0 Å². The standard InChI is InChI=1S/C12H11BrClNO3S2/c1-7-2-3-9(14)10(4-7)15-20(17,18)11-5-8(6-16)19-12(11)13/h2-5,15-16H,6H2,1H3. The van der Waals surface area contributed by atoms with Gasteiger partial charge in [0.25, 0.3) is 10.0 Å². The molecule has 0 aliphatic heterocycles. The number of rotatable bonds is 4. The molecule has 4 nitrogen and oxygen atoms in total. The van der Waals surface area contributed by atoms with E-state index < -0.39 is 10.0 Å². The van der Waals surface area contributed by atoms with Crippen LogP contribution in [0, 0.1) is 6.92 Å². The summed E-state index contributed by atoms with van der Waals surface area (Å²) in [6, 6.07) is 6.52. The van der Waals surface area contributed by atoms with Crippen LogP contribution in [0.5, 0.6) is 0 Å². The molecule has 0 amide bonds. The molecule has 0 saturated heterocycles. The van der Waals surface area contributed by atoms with Gasteiger partial charge in [-0.05, 0) is 46.6 Å². The number of aliphatic hydroxyl groups is 1. The number of nitrogens with one attached hydrogen (secondary N) is 1. The molecule has 0 atom stereocenters. The number of benzene rings is 1. The normalized spacial score (nSPS) is 11.6. The van der Waals surface area contributed by atoms with Crippen molar-refractivity contribution in [3.63, 3.8) is 0 Å². The summed E-state index contributed by atoms with van der Waals surface area (Å²) >= 11 is 10.4. The van der Waals surface area contributed by atoms with Crippen molar-refractivity contribution in [1.82, 2.24) is 0 Å². The molecule has 20 heavy (non-hydrogen) atoms. The second-order valence-electron chi connectivity index (χ2n) is 4.10. The highest BCUT2D eigenvalue weighted by Crippen LogP contribution is 2.34. The van der Waals surface area contributed by atoms with Gasteiger partial charge < -0.3 is 5.11 Å². The highest BCUT2D eigenvalue weighted by atomic mass is 79.9. The lowest BCUT2D eigenvalue weighted by molar-refractivity contribution is 0.285. The zero-order valence-electron chi connectivity index (χ0n) is 10.4. The number of hydrogen-bond donors (Lipinski definition) is 2. The third-order valence-corrected chi connectivity index (χ3v) is 6.45. The minimum absolute atomic E-state index is 0.0872. The van der Waals surface area contributed by atoms with E-state index in [0.717, 1.165) is 5.56 Å². The third-order valence-electron chi connectivity index (χ3n) is 2.52. The molecule has 8 heteroatoms. The second kappa shape index (κ2) is 6.03. The summed E-state index contributed by atoms with van der Waals surface area (Å²) in [6.07, 6.45) is 0. The molecule has 0 bridgehead atoms. The molecule has 0 spiro atoms. The van der Waals surface area contributed by atoms with Crippen molar-refractivity contribution in [2.45, 2.75) is 18.4 Å². The van der Waals surface area contributed by atoms with E-state index in [1.165, 1.54) is 17.4 Å². The number of anilines is 1. The number of aryl methyl sites for hydroxylation is 1. The lowest BCUT2D eigenvalue weighted by Crippen LogP contribution is -2.13. The molecule has 0 fully saturated rings. The third kappa shape index (κ3) is 3.35. The molecule has 0 aliphatic rings. The molecule has 0 aliphatic carbocycles. The van der Waals surface area contributed by atoms with Gasteiger partial charge in [-0.25, -0.2) is 8.42 Å². The molecule has 1 aromatic carbocycles. The van der Waals surface area contributed by atoms with Gasteiger partial charge in [-0.2, -0.15) is 0 Å². The van der Waals surface area contributed by atoms with Crippen LogP contribution in [0.1, 0.15) is 10.4 Å². The Morgan fingerprint density at radius 3 is 2.70 bits per heavy atom. The Hall–Kier alpha value is -0.600. The van der Waals surface area contributed by atoms with Gasteiger partial charge in [0.05, 0.1) is 21.1 Å². The Morgan fingerprint density at radius 1 is 1.40 bits per heavy atom. The molecule has 2 N–H and O–H groups in total. The minimum Gasteiger partial charge on any atom is -0.391 e. The number of hydrogen-bond acceptors (Lipinski definition) is 4. The average molecular weight is 397 g/mol. The first-order valence-electron chi connectivity index (χ1n) is 5.51. The summed E-state index contributed by atoms with van der Waals surface area (Å²) in [4.78, 5) is 0.650. The fourth-order valence-corrected chi connectivity index (χ4v) is 5.41. The highest BCUT2D eigenvalue weighted by Gasteiger charge is 2.21. The molecule has 0 unspecified atom stereocenters. The minimum atomic E-state index is -3.75. The van der Waals surface area contributed by atoms with Crippen LogP contribution in [0.4, 0.5) is 5.69 Å². The Bertz CT molecular complexity index is 743. The van der Waals surface area contributed by atoms with Gasteiger partial charge >= 0.3 is 0 Å². The summed E-state index contributed by atoms with van der Waals surface area (Å²) in [5.41, 5.74) is 1.22. The largest absolute Gasteiger partial charge is 0.391 e. The van der Waals surface area contributed by atoms with Crippen LogP contribution in [0.15, 0.2) is 32.9 Å². The second-order valence-corrected chi connectivity index (χ2v) is 8.61. The molecule has 2 rings (SSSR count). The molecular formula is C12H11BrClNO3S2. The maximum absolute atomic E-state index is 12.3. The topological polar surface area (TPSA) is 66.4 Å². The molecule has 1 aromatic heterocycles. The van der Waals surface area contributed by atoms with Crippen LogP contribution in [0.25, 0.3) is 0 Å². The fraction of sp³-hybridized carbons (Fsp3) is 0.167. The van der Waals surface area contributed by atoms with E-state index >= 15 is 0 Å². The first kappa shape index (κ1) is 15.8. The predicted molar refractivity (Wildman–Crippen MR) is 84.9 cm³/mol. The number of halogens is 2. The van der Waals surface area contributed by atoms with Gasteiger partial charge in [0.15, 0.2) is 0 Å². The van der Waals surface area contributed by atoms with Crippen LogP contribution < -0.4 is 4.72 Å². The Morgan fingerprint density at radius 2 is 2.10 bits per heavy atom. The Kier molecular flexibility index (Phi) is 4.76. The SMILES string of the molecule is Cc1ccc(Cl)c(NS(=O)(=O)c2cc(CO)sc2Br)c1. The van der Waals surface area contributed by atoms with Crippen molar-refractivity contribution in [1.29, 1.82) is 0 Å². The fourth-order valence-electron chi connectivity index (χ4n) is 1.58. The lowest BCUT2D eigenvalue weighted by atomic mass is 10.2. The van der Waals surface area contributed by atoms with Crippen LogP contribution in [-0.2, 0) is 16.6 Å². The zero-order valence-corrected chi connectivity index (χ0v) is 14.3. The van der Waals surface area contributed by atoms with E-state index in [4.69, 9.17) is 16.7 Å². The van der Waals surface area contributed by atoms with E-state index in [1.807, 2.05) is 6.92 Å². The van der Waals surface area contributed by atoms with Gasteiger partial charge in [-0.15, -0.1) is 11.3 Å². The monoisotopic (exact) mass is 395 g/mol. The summed E-state index contributed by atoms with van der Waals surface area (Å²) in [5, 5.41) is 9.39. The smallest absolute Gasteiger partial charge is 0.263 e. The molecular weight excluding hydrogens is 386 g/mol. The molecule has 2 aromatic rings. The quantitative estimate of drug-likeness (QED) is 0.827. The van der Waals surface area contributed by atoms with Crippen LogP contribution >= 0.6 is 38.9 Å². The van der Waals surface area contributed by atoms with E-state index in [0.29, 0.717) is 19.4 Å². The van der Waals surface area contributed by atoms with Crippen LogP contribution in [-0.4, -0.2) is 13.5 Å². The Labute approximate surface area is 134 Å². The van der Waals surface area contributed by atoms with E-state index in [-0.39, 0.29) is 11.5 Å². The van der Waals surface area contributed by atoms with Crippen molar-refractivity contribution in [2.75, 3.05) is 4.72 Å². The number of sulfonamides is 1. The first-order chi connectivity index (χ1) is 9.33. The number of thiophene rings is 1. The summed E-state index contributed by atoms with van der Waals surface area (Å²) in [5.74, 6) is 0. The lowest BCUT2D eigenvalue weighted by Gasteiger charge is -2.09. The zero-order chi connectivity index (χ0) is 14.9. The highest BCUT2D eigenvalue weighted by molar-refractivity contribution is 9.11. The summed E-state index contributed by atoms with van der Waals surface area (Å²) in [7, 11) is -3.75. The van der Waals surface area contributed by atoms with Gasteiger partial charge in [0, 0.05) is 4.88 Å². The predicted octanol–water partition coefficient (Wildman–Crippen LogP) is 3.77. The van der Waals surface area contributed by atoms with Crippen molar-refractivity contribution in [3.8, 4) is 0 Å². The first-order valence-corrected chi connectivity index (χ1v) is 8.98. The average Bonchev–Trinajstić information content (AvgIpc) is 2.76. The molecule has 0 saturated carbocycles. The maximum atomic E-state index is 12.3. The van der Waals surface area contributed by atoms with Gasteiger partial charge in [-0.1, -0.05) is 17.7 Å². The Balaban J connectivity index is 2.40. The van der Waals surface area contributed by atoms with Crippen molar-refractivity contribution >= 4 is 54.6 Å². The van der Waals surface area contributed by atoms with Crippen molar-refractivity contribution in [3.05, 3.63) is 43.5 Å². The molecule has 108 valence electrons. The summed E-state index contributed by atoms with van der Waals surface area (Å²) in [6.45, 7) is 1.64. The van der Waals surface area contributed by atoms with Crippen LogP contribution in [0.2, 0.25) is 5.02 Å². The molecule has 0 radical (unpaired) electrons. The van der Waals surface area contributed by atoms with Gasteiger partial charge in [0.2, 0.25) is 0 Å². The van der Waals surface area contributed by atoms with Crippen LogP contribution in [0.3, 0.4) is 0 Å². The van der Waals surface area contributed by atoms with Gasteiger partial charge in [0.1, 0.15) is 4.90 Å². The summed E-state index contributed by atoms with van der Waals surface area (Å²) < 4.78 is 27.6. The van der Waals surface area contributed by atoms with E-state index in [1.54, 1.807) is 18.2 Å². The molecule has 1 heterocycles. The van der Waals surface area contributed by atoms with Gasteiger partial charge in [-0.3, -0.25) is 4.72 Å². The van der Waals surface area contributed by atoms with E-state index in [2.05, 4.69) is 20.7 Å². The number of aliphatic hydroxyl groups excluding tert-OH is 1. The van der Waals surface area contributed by atoms with E-state index in [9.17, 15) is 8.42 Å². The maximum Gasteiger partial charge on any atom is 0.263 e.